The molecular weight excluding hydrogens is 398 g/mol. The highest BCUT2D eigenvalue weighted by atomic mass is 16.5. The Bertz CT molecular complexity index is 972. The summed E-state index contributed by atoms with van der Waals surface area (Å²) in [6, 6.07) is 16.8. The van der Waals surface area contributed by atoms with E-state index in [0.29, 0.717) is 6.42 Å². The first-order valence-corrected chi connectivity index (χ1v) is 9.96. The number of hydrazone groups is 1. The summed E-state index contributed by atoms with van der Waals surface area (Å²) in [5.41, 5.74) is 7.73. The van der Waals surface area contributed by atoms with Gasteiger partial charge in [0.05, 0.1) is 25.3 Å². The van der Waals surface area contributed by atoms with Gasteiger partial charge in [0.25, 0.3) is 5.91 Å². The molecule has 0 unspecified atom stereocenters. The average molecular weight is 423 g/mol. The predicted molar refractivity (Wildman–Crippen MR) is 114 cm³/mol. The van der Waals surface area contributed by atoms with E-state index in [2.05, 4.69) is 5.10 Å². The molecule has 8 nitrogen and oxygen atoms in total. The van der Waals surface area contributed by atoms with Gasteiger partial charge in [0.2, 0.25) is 5.91 Å². The van der Waals surface area contributed by atoms with Crippen LogP contribution in [0.3, 0.4) is 0 Å². The number of nitrogens with two attached hydrogens (primary N) is 1. The van der Waals surface area contributed by atoms with Gasteiger partial charge >= 0.3 is 5.97 Å². The molecule has 1 heterocycles. The molecule has 0 saturated heterocycles. The minimum Gasteiger partial charge on any atom is -0.497 e. The third-order valence-corrected chi connectivity index (χ3v) is 5.03. The van der Waals surface area contributed by atoms with Gasteiger partial charge in [0.15, 0.2) is 6.10 Å². The lowest BCUT2D eigenvalue weighted by molar-refractivity contribution is -0.155. The first kappa shape index (κ1) is 22.0. The van der Waals surface area contributed by atoms with Gasteiger partial charge in [-0.15, -0.1) is 0 Å². The molecular formula is C23H25N3O5. The maximum atomic E-state index is 12.9. The number of hydrogen-bond acceptors (Lipinski definition) is 6. The zero-order valence-corrected chi connectivity index (χ0v) is 17.5. The SMILES string of the molecule is COc1ccc([C@@H]2CC(c3ccccc3)=NN2C(=O)CCC(=O)O[C@H](C)C(N)=O)cc1. The van der Waals surface area contributed by atoms with Crippen molar-refractivity contribution in [2.45, 2.75) is 38.3 Å². The largest absolute Gasteiger partial charge is 0.497 e. The van der Waals surface area contributed by atoms with Crippen LogP contribution in [-0.2, 0) is 19.1 Å². The van der Waals surface area contributed by atoms with Crippen LogP contribution in [0, 0.1) is 0 Å². The number of benzene rings is 2. The number of esters is 1. The molecule has 0 aromatic heterocycles. The first-order chi connectivity index (χ1) is 14.9. The Balaban J connectivity index is 1.76. The number of ether oxygens (including phenoxy) is 2. The number of nitrogens with zero attached hydrogens (tertiary/aromatic N) is 2. The molecule has 0 fully saturated rings. The van der Waals surface area contributed by atoms with E-state index in [9.17, 15) is 14.4 Å². The number of carbonyl (C=O) groups is 3. The molecule has 2 N–H and O–H groups in total. The van der Waals surface area contributed by atoms with E-state index < -0.39 is 18.0 Å². The summed E-state index contributed by atoms with van der Waals surface area (Å²) in [5.74, 6) is -0.992. The molecule has 31 heavy (non-hydrogen) atoms. The van der Waals surface area contributed by atoms with Crippen molar-refractivity contribution in [1.29, 1.82) is 0 Å². The molecule has 0 aliphatic carbocycles. The van der Waals surface area contributed by atoms with Crippen LogP contribution in [0.1, 0.15) is 43.4 Å². The van der Waals surface area contributed by atoms with Gasteiger partial charge < -0.3 is 15.2 Å². The maximum absolute atomic E-state index is 12.9. The number of hydrogen-bond donors (Lipinski definition) is 1. The van der Waals surface area contributed by atoms with Gasteiger partial charge in [-0.05, 0) is 30.2 Å². The van der Waals surface area contributed by atoms with Gasteiger partial charge in [-0.3, -0.25) is 14.4 Å². The third-order valence-electron chi connectivity index (χ3n) is 5.03. The van der Waals surface area contributed by atoms with Crippen LogP contribution in [0.25, 0.3) is 0 Å². The molecule has 1 aliphatic rings. The van der Waals surface area contributed by atoms with Crippen LogP contribution in [-0.4, -0.2) is 41.7 Å². The van der Waals surface area contributed by atoms with Crippen LogP contribution < -0.4 is 10.5 Å². The third kappa shape index (κ3) is 5.48. The minimum absolute atomic E-state index is 0.0947. The van der Waals surface area contributed by atoms with Crippen molar-refractivity contribution >= 4 is 23.5 Å². The van der Waals surface area contributed by atoms with E-state index in [1.807, 2.05) is 54.6 Å². The lowest BCUT2D eigenvalue weighted by atomic mass is 9.98. The monoisotopic (exact) mass is 423 g/mol. The second-order valence-electron chi connectivity index (χ2n) is 7.18. The summed E-state index contributed by atoms with van der Waals surface area (Å²) >= 11 is 0. The van der Waals surface area contributed by atoms with Crippen LogP contribution in [0.2, 0.25) is 0 Å². The van der Waals surface area contributed by atoms with Crippen molar-refractivity contribution in [2.75, 3.05) is 7.11 Å². The lowest BCUT2D eigenvalue weighted by Gasteiger charge is -2.22. The molecule has 162 valence electrons. The second kappa shape index (κ2) is 9.88. The molecule has 0 saturated carbocycles. The summed E-state index contributed by atoms with van der Waals surface area (Å²) in [6.45, 7) is 1.39. The highest BCUT2D eigenvalue weighted by Crippen LogP contribution is 2.34. The Hall–Kier alpha value is -3.68. The molecule has 0 spiro atoms. The molecule has 0 bridgehead atoms. The molecule has 8 heteroatoms. The summed E-state index contributed by atoms with van der Waals surface area (Å²) in [4.78, 5) is 35.9. The minimum atomic E-state index is -1.04. The van der Waals surface area contributed by atoms with Crippen molar-refractivity contribution in [2.24, 2.45) is 10.8 Å². The Kier molecular flexibility index (Phi) is 7.02. The normalized spacial score (nSPS) is 16.4. The van der Waals surface area contributed by atoms with Gasteiger partial charge in [-0.1, -0.05) is 42.5 Å². The van der Waals surface area contributed by atoms with E-state index in [-0.39, 0.29) is 24.8 Å². The van der Waals surface area contributed by atoms with Gasteiger partial charge in [0, 0.05) is 12.8 Å². The molecule has 2 aromatic carbocycles. The number of carbonyl (C=O) groups excluding carboxylic acids is 3. The van der Waals surface area contributed by atoms with Gasteiger partial charge in [-0.25, -0.2) is 5.01 Å². The van der Waals surface area contributed by atoms with Crippen LogP contribution in [0.15, 0.2) is 59.7 Å². The average Bonchev–Trinajstić information content (AvgIpc) is 3.23. The van der Waals surface area contributed by atoms with E-state index in [1.54, 1.807) is 7.11 Å². The summed E-state index contributed by atoms with van der Waals surface area (Å²) < 4.78 is 10.1. The van der Waals surface area contributed by atoms with Crippen LogP contribution in [0.4, 0.5) is 0 Å². The maximum Gasteiger partial charge on any atom is 0.307 e. The van der Waals surface area contributed by atoms with E-state index in [0.717, 1.165) is 22.6 Å². The number of rotatable bonds is 8. The summed E-state index contributed by atoms with van der Waals surface area (Å²) in [6.07, 6.45) is -0.754. The molecule has 3 rings (SSSR count). The Morgan fingerprint density at radius 2 is 1.77 bits per heavy atom. The van der Waals surface area contributed by atoms with Crippen molar-refractivity contribution in [1.82, 2.24) is 5.01 Å². The van der Waals surface area contributed by atoms with Crippen molar-refractivity contribution in [3.63, 3.8) is 0 Å². The highest BCUT2D eigenvalue weighted by Gasteiger charge is 2.33. The topological polar surface area (TPSA) is 111 Å². The Morgan fingerprint density at radius 1 is 1.10 bits per heavy atom. The molecule has 0 radical (unpaired) electrons. The van der Waals surface area contributed by atoms with Gasteiger partial charge in [-0.2, -0.15) is 5.10 Å². The predicted octanol–water partition coefficient (Wildman–Crippen LogP) is 2.57. The second-order valence-corrected chi connectivity index (χ2v) is 7.18. The molecule has 2 amide bonds. The summed E-state index contributed by atoms with van der Waals surface area (Å²) in [7, 11) is 1.59. The van der Waals surface area contributed by atoms with Crippen molar-refractivity contribution in [3.05, 3.63) is 65.7 Å². The van der Waals surface area contributed by atoms with Crippen molar-refractivity contribution < 1.29 is 23.9 Å². The van der Waals surface area contributed by atoms with Crippen LogP contribution in [0.5, 0.6) is 5.75 Å². The van der Waals surface area contributed by atoms with Crippen molar-refractivity contribution in [3.8, 4) is 5.75 Å². The molecule has 2 atom stereocenters. The lowest BCUT2D eigenvalue weighted by Crippen LogP contribution is -2.31. The quantitative estimate of drug-likeness (QED) is 0.656. The molecule has 2 aromatic rings. The standard InChI is InChI=1S/C23H25N3O5/c1-15(23(24)29)31-22(28)13-12-21(27)26-20(17-8-10-18(30-2)11-9-17)14-19(25-26)16-6-4-3-5-7-16/h3-11,15,20H,12-14H2,1-2H3,(H2,24,29)/t15-,20+/m1/s1. The zero-order chi connectivity index (χ0) is 22.4. The zero-order valence-electron chi connectivity index (χ0n) is 17.5. The number of amides is 2. The van der Waals surface area contributed by atoms with Gasteiger partial charge in [0.1, 0.15) is 5.75 Å². The fourth-order valence-electron chi connectivity index (χ4n) is 3.27. The summed E-state index contributed by atoms with van der Waals surface area (Å²) in [5, 5.41) is 5.99. The van der Waals surface area contributed by atoms with Crippen LogP contribution >= 0.6 is 0 Å². The smallest absolute Gasteiger partial charge is 0.307 e. The number of primary amides is 1. The fraction of sp³-hybridized carbons (Fsp3) is 0.304. The van der Waals surface area contributed by atoms with E-state index in [1.165, 1.54) is 11.9 Å². The Labute approximate surface area is 180 Å². The molecule has 1 aliphatic heterocycles. The Morgan fingerprint density at radius 3 is 2.39 bits per heavy atom. The number of methoxy groups -OCH3 is 1. The first-order valence-electron chi connectivity index (χ1n) is 9.96. The van der Waals surface area contributed by atoms with E-state index in [4.69, 9.17) is 15.2 Å². The van der Waals surface area contributed by atoms with E-state index >= 15 is 0 Å². The fourth-order valence-corrected chi connectivity index (χ4v) is 3.27. The highest BCUT2D eigenvalue weighted by molar-refractivity contribution is 6.03.